The second-order valence-corrected chi connectivity index (χ2v) is 18.2. The molecule has 0 amide bonds. The van der Waals surface area contributed by atoms with Crippen LogP contribution >= 0.6 is 0 Å². The molecule has 0 heterocycles. The molecule has 3 aliphatic rings. The van der Waals surface area contributed by atoms with Crippen LogP contribution in [0.1, 0.15) is 74.9 Å². The highest BCUT2D eigenvalue weighted by Crippen LogP contribution is 2.54. The zero-order valence-corrected chi connectivity index (χ0v) is 33.7. The fraction of sp³-hybridized carbons (Fsp3) is 0.158. The minimum absolute atomic E-state index is 0.0885. The Hall–Kier alpha value is -6.24. The lowest BCUT2D eigenvalue weighted by atomic mass is 9.79. The maximum absolute atomic E-state index is 2.47. The summed E-state index contributed by atoms with van der Waals surface area (Å²) in [4.78, 5) is 0. The number of hydrogen-bond acceptors (Lipinski definition) is 0. The monoisotopic (exact) mass is 730 g/mol. The van der Waals surface area contributed by atoms with Crippen molar-refractivity contribution in [1.29, 1.82) is 0 Å². The highest BCUT2D eigenvalue weighted by molar-refractivity contribution is 5.90. The summed E-state index contributed by atoms with van der Waals surface area (Å²) in [5, 5.41) is 0. The molecule has 0 fully saturated rings. The Morgan fingerprint density at radius 3 is 0.614 bits per heavy atom. The smallest absolute Gasteiger partial charge is 0.0159 e. The van der Waals surface area contributed by atoms with Gasteiger partial charge in [-0.3, -0.25) is 0 Å². The molecule has 0 saturated heterocycles. The Morgan fingerprint density at radius 1 is 0.211 bits per heavy atom. The van der Waals surface area contributed by atoms with Crippen LogP contribution in [0.15, 0.2) is 170 Å². The van der Waals surface area contributed by atoms with E-state index >= 15 is 0 Å². The predicted molar refractivity (Wildman–Crippen MR) is 241 cm³/mol. The van der Waals surface area contributed by atoms with Gasteiger partial charge in [0, 0.05) is 16.2 Å². The molecule has 57 heavy (non-hydrogen) atoms. The third kappa shape index (κ3) is 4.93. The maximum atomic E-state index is 2.47. The fourth-order valence-corrected chi connectivity index (χ4v) is 10.6. The van der Waals surface area contributed by atoms with Gasteiger partial charge in [-0.25, -0.2) is 0 Å². The summed E-state index contributed by atoms with van der Waals surface area (Å²) in [5.74, 6) is 0. The van der Waals surface area contributed by atoms with Gasteiger partial charge in [0.05, 0.1) is 0 Å². The minimum atomic E-state index is -0.128. The first-order valence-electron chi connectivity index (χ1n) is 20.5. The van der Waals surface area contributed by atoms with Crippen molar-refractivity contribution in [3.05, 3.63) is 203 Å². The number of benzene rings is 8. The molecule has 0 radical (unpaired) electrons. The second kappa shape index (κ2) is 11.9. The molecule has 3 aliphatic carbocycles. The molecular formula is C57H46. The molecule has 0 saturated carbocycles. The van der Waals surface area contributed by atoms with E-state index in [1.54, 1.807) is 0 Å². The first kappa shape index (κ1) is 34.0. The predicted octanol–water partition coefficient (Wildman–Crippen LogP) is 15.3. The van der Waals surface area contributed by atoms with Crippen LogP contribution < -0.4 is 0 Å². The van der Waals surface area contributed by atoms with Crippen molar-refractivity contribution in [2.45, 2.75) is 57.8 Å². The van der Waals surface area contributed by atoms with Crippen LogP contribution in [-0.2, 0) is 16.2 Å². The SMILES string of the molecule is CC1(C)c2cc(-c3ccccc3)ccc2-c2ccc(-c3ccc4c(c3)C(C)(C)c3cc(-c5ccc6c(c5)C(C)(C)c5cc(-c7ccccc7)ccc5-6)ccc3-4)cc21. The molecule has 274 valence electrons. The average molecular weight is 731 g/mol. The number of rotatable bonds is 4. The van der Waals surface area contributed by atoms with E-state index in [1.165, 1.54) is 111 Å². The quantitative estimate of drug-likeness (QED) is 0.169. The lowest BCUT2D eigenvalue weighted by Crippen LogP contribution is -2.16. The van der Waals surface area contributed by atoms with Crippen LogP contribution in [0.25, 0.3) is 77.9 Å². The zero-order chi connectivity index (χ0) is 38.8. The molecule has 0 aliphatic heterocycles. The number of hydrogen-bond donors (Lipinski definition) is 0. The summed E-state index contributed by atoms with van der Waals surface area (Å²) >= 11 is 0. The molecule has 11 rings (SSSR count). The van der Waals surface area contributed by atoms with Gasteiger partial charge in [-0.05, 0) is 148 Å². The van der Waals surface area contributed by atoms with Gasteiger partial charge in [-0.1, -0.05) is 175 Å². The summed E-state index contributed by atoms with van der Waals surface area (Å²) < 4.78 is 0. The van der Waals surface area contributed by atoms with Crippen LogP contribution in [0.3, 0.4) is 0 Å². The highest BCUT2D eigenvalue weighted by Gasteiger charge is 2.39. The van der Waals surface area contributed by atoms with E-state index in [4.69, 9.17) is 0 Å². The lowest BCUT2D eigenvalue weighted by molar-refractivity contribution is 0.659. The Labute approximate surface area is 337 Å². The van der Waals surface area contributed by atoms with Crippen LogP contribution in [0, 0.1) is 0 Å². The third-order valence-corrected chi connectivity index (χ3v) is 13.9. The summed E-state index contributed by atoms with van der Waals surface area (Å²) in [5.41, 5.74) is 26.5. The lowest BCUT2D eigenvalue weighted by Gasteiger charge is -2.24. The van der Waals surface area contributed by atoms with Gasteiger partial charge < -0.3 is 0 Å². The molecule has 0 N–H and O–H groups in total. The normalized spacial score (nSPS) is 15.6. The fourth-order valence-electron chi connectivity index (χ4n) is 10.6. The van der Waals surface area contributed by atoms with Gasteiger partial charge in [-0.15, -0.1) is 0 Å². The molecule has 0 spiro atoms. The number of fused-ring (bicyclic) bond motifs is 9. The molecule has 8 aromatic rings. The van der Waals surface area contributed by atoms with E-state index in [9.17, 15) is 0 Å². The Kier molecular flexibility index (Phi) is 7.10. The van der Waals surface area contributed by atoms with Crippen molar-refractivity contribution in [3.8, 4) is 77.9 Å². The van der Waals surface area contributed by atoms with Crippen LogP contribution in [0.5, 0.6) is 0 Å². The summed E-state index contributed by atoms with van der Waals surface area (Å²) in [6.07, 6.45) is 0. The van der Waals surface area contributed by atoms with E-state index in [1.807, 2.05) is 0 Å². The maximum Gasteiger partial charge on any atom is 0.0159 e. The minimum Gasteiger partial charge on any atom is -0.0622 e. The zero-order valence-electron chi connectivity index (χ0n) is 33.7. The Bertz CT molecular complexity index is 2750. The summed E-state index contributed by atoms with van der Waals surface area (Å²) in [6, 6.07) is 64.2. The van der Waals surface area contributed by atoms with Gasteiger partial charge in [0.2, 0.25) is 0 Å². The van der Waals surface area contributed by atoms with Crippen LogP contribution in [-0.4, -0.2) is 0 Å². The van der Waals surface area contributed by atoms with Crippen molar-refractivity contribution in [2.75, 3.05) is 0 Å². The van der Waals surface area contributed by atoms with Gasteiger partial charge in [0.15, 0.2) is 0 Å². The molecule has 0 bridgehead atoms. The van der Waals surface area contributed by atoms with Gasteiger partial charge in [0.1, 0.15) is 0 Å². The van der Waals surface area contributed by atoms with E-state index in [-0.39, 0.29) is 16.2 Å². The molecule has 0 aromatic heterocycles. The first-order chi connectivity index (χ1) is 27.5. The van der Waals surface area contributed by atoms with Gasteiger partial charge in [0.25, 0.3) is 0 Å². The van der Waals surface area contributed by atoms with Gasteiger partial charge >= 0.3 is 0 Å². The van der Waals surface area contributed by atoms with E-state index in [0.29, 0.717) is 0 Å². The van der Waals surface area contributed by atoms with Crippen molar-refractivity contribution in [1.82, 2.24) is 0 Å². The molecule has 0 atom stereocenters. The average Bonchev–Trinajstić information content (AvgIpc) is 3.72. The van der Waals surface area contributed by atoms with E-state index < -0.39 is 0 Å². The largest absolute Gasteiger partial charge is 0.0622 e. The van der Waals surface area contributed by atoms with Crippen LogP contribution in [0.4, 0.5) is 0 Å². The first-order valence-corrected chi connectivity index (χ1v) is 20.5. The van der Waals surface area contributed by atoms with Crippen molar-refractivity contribution in [3.63, 3.8) is 0 Å². The molecular weight excluding hydrogens is 685 g/mol. The summed E-state index contributed by atoms with van der Waals surface area (Å²) in [6.45, 7) is 14.4. The third-order valence-electron chi connectivity index (χ3n) is 13.9. The molecule has 0 unspecified atom stereocenters. The summed E-state index contributed by atoms with van der Waals surface area (Å²) in [7, 11) is 0. The van der Waals surface area contributed by atoms with Crippen LogP contribution in [0.2, 0.25) is 0 Å². The van der Waals surface area contributed by atoms with E-state index in [0.717, 1.165) is 0 Å². The second-order valence-electron chi connectivity index (χ2n) is 18.2. The molecule has 0 nitrogen and oxygen atoms in total. The van der Waals surface area contributed by atoms with Crippen molar-refractivity contribution in [2.24, 2.45) is 0 Å². The van der Waals surface area contributed by atoms with Crippen molar-refractivity contribution >= 4 is 0 Å². The molecule has 8 aromatic carbocycles. The van der Waals surface area contributed by atoms with Crippen molar-refractivity contribution < 1.29 is 0 Å². The van der Waals surface area contributed by atoms with Gasteiger partial charge in [-0.2, -0.15) is 0 Å². The standard InChI is InChI=1S/C57H46/c1-55(2)49-29-37(35-13-9-7-10-14-35)17-23-43(49)45-25-19-39(31-51(45)55)41-21-27-47-48-28-22-42(34-54(48)57(5,6)53(47)33-41)40-20-26-46-44-24-18-38(36-15-11-8-12-16-36)30-50(44)56(3,4)52(46)32-40/h7-34H,1-6H3. The van der Waals surface area contributed by atoms with E-state index in [2.05, 4.69) is 211 Å². The highest BCUT2D eigenvalue weighted by atomic mass is 14.4. The Balaban J connectivity index is 0.915. The topological polar surface area (TPSA) is 0 Å². The Morgan fingerprint density at radius 2 is 0.404 bits per heavy atom. The molecule has 0 heteroatoms.